The predicted molar refractivity (Wildman–Crippen MR) is 167 cm³/mol. The van der Waals surface area contributed by atoms with E-state index in [4.69, 9.17) is 23.7 Å². The molecule has 6 atom stereocenters. The molecule has 6 rings (SSSR count). The molecule has 1 aliphatic heterocycles. The summed E-state index contributed by atoms with van der Waals surface area (Å²) in [6.07, 6.45) is 1.96. The molecule has 222 valence electrons. The number of ether oxygens (including phenoxy) is 5. The summed E-state index contributed by atoms with van der Waals surface area (Å²) in [7, 11) is 0. The molecule has 4 aromatic rings. The minimum absolute atomic E-state index is 0.0518. The maximum absolute atomic E-state index is 6.84. The first-order chi connectivity index (χ1) is 21.3. The summed E-state index contributed by atoms with van der Waals surface area (Å²) in [6, 6.07) is 41.0. The van der Waals surface area contributed by atoms with Crippen molar-refractivity contribution in [3.63, 3.8) is 0 Å². The van der Waals surface area contributed by atoms with Crippen molar-refractivity contribution in [2.45, 2.75) is 56.9 Å². The molecule has 4 aromatic carbocycles. The van der Waals surface area contributed by atoms with Crippen LogP contribution in [0.15, 0.2) is 134 Å². The van der Waals surface area contributed by atoms with Gasteiger partial charge >= 0.3 is 0 Å². The molecule has 1 aliphatic carbocycles. The minimum Gasteiger partial charge on any atom is -0.376 e. The minimum atomic E-state index is -0.914. The summed E-state index contributed by atoms with van der Waals surface area (Å²) in [6.45, 7) is 6.26. The van der Waals surface area contributed by atoms with Crippen molar-refractivity contribution in [3.05, 3.63) is 156 Å². The van der Waals surface area contributed by atoms with Crippen molar-refractivity contribution >= 4 is 0 Å². The third kappa shape index (κ3) is 6.82. The van der Waals surface area contributed by atoms with Crippen LogP contribution in [0.4, 0.5) is 0 Å². The molecule has 0 bridgehead atoms. The molecule has 0 spiro atoms. The van der Waals surface area contributed by atoms with Crippen LogP contribution in [0.3, 0.4) is 0 Å². The van der Waals surface area contributed by atoms with Crippen molar-refractivity contribution in [3.8, 4) is 0 Å². The van der Waals surface area contributed by atoms with Crippen LogP contribution >= 0.6 is 0 Å². The predicted octanol–water partition coefficient (Wildman–Crippen LogP) is 7.51. The van der Waals surface area contributed by atoms with E-state index in [1.165, 1.54) is 0 Å². The fourth-order valence-electron chi connectivity index (χ4n) is 6.41. The average Bonchev–Trinajstić information content (AvgIpc) is 3.25. The Morgan fingerprint density at radius 1 is 0.605 bits per heavy atom. The van der Waals surface area contributed by atoms with Crippen molar-refractivity contribution in [2.75, 3.05) is 6.61 Å². The van der Waals surface area contributed by atoms with Crippen LogP contribution < -0.4 is 0 Å². The SMILES string of the molecule is C=CC[C@H]1O[C@]2(OCc3ccccc3)C(COCc3ccccc3)[C@@H](OCc3ccccc3)C(OCc3ccccc3)C12. The second-order valence-corrected chi connectivity index (χ2v) is 11.3. The Hall–Kier alpha value is -3.58. The van der Waals surface area contributed by atoms with E-state index in [1.54, 1.807) is 0 Å². The Balaban J connectivity index is 1.31. The maximum Gasteiger partial charge on any atom is 0.184 e. The molecule has 43 heavy (non-hydrogen) atoms. The van der Waals surface area contributed by atoms with Crippen molar-refractivity contribution in [1.82, 2.24) is 0 Å². The fraction of sp³-hybridized carbons (Fsp3) is 0.316. The maximum atomic E-state index is 6.84. The van der Waals surface area contributed by atoms with E-state index in [0.717, 1.165) is 22.3 Å². The highest BCUT2D eigenvalue weighted by molar-refractivity contribution is 5.20. The third-order valence-corrected chi connectivity index (χ3v) is 8.48. The van der Waals surface area contributed by atoms with Crippen LogP contribution in [0.2, 0.25) is 0 Å². The number of benzene rings is 4. The number of fused-ring (bicyclic) bond motifs is 1. The van der Waals surface area contributed by atoms with E-state index in [1.807, 2.05) is 78.9 Å². The van der Waals surface area contributed by atoms with E-state index in [9.17, 15) is 0 Å². The summed E-state index contributed by atoms with van der Waals surface area (Å²) in [5, 5.41) is 0. The van der Waals surface area contributed by atoms with Gasteiger partial charge in [0, 0.05) is 0 Å². The summed E-state index contributed by atoms with van der Waals surface area (Å²) >= 11 is 0. The quantitative estimate of drug-likeness (QED) is 0.137. The normalized spacial score (nSPS) is 26.0. The largest absolute Gasteiger partial charge is 0.376 e. The second-order valence-electron chi connectivity index (χ2n) is 11.3. The van der Waals surface area contributed by atoms with Gasteiger partial charge in [0.05, 0.1) is 63.2 Å². The number of hydrogen-bond acceptors (Lipinski definition) is 5. The van der Waals surface area contributed by atoms with Gasteiger partial charge in [0.1, 0.15) is 0 Å². The van der Waals surface area contributed by atoms with Gasteiger partial charge in [-0.3, -0.25) is 0 Å². The summed E-state index contributed by atoms with van der Waals surface area (Å²) < 4.78 is 33.6. The molecule has 0 radical (unpaired) electrons. The van der Waals surface area contributed by atoms with Crippen LogP contribution in [-0.2, 0) is 50.1 Å². The molecule has 1 heterocycles. The first-order valence-corrected chi connectivity index (χ1v) is 15.2. The molecule has 0 N–H and O–H groups in total. The highest BCUT2D eigenvalue weighted by atomic mass is 16.7. The van der Waals surface area contributed by atoms with Crippen molar-refractivity contribution in [2.24, 2.45) is 11.8 Å². The molecule has 5 nitrogen and oxygen atoms in total. The van der Waals surface area contributed by atoms with Gasteiger partial charge in [-0.25, -0.2) is 0 Å². The van der Waals surface area contributed by atoms with Gasteiger partial charge in [0.25, 0.3) is 0 Å². The lowest BCUT2D eigenvalue weighted by Gasteiger charge is -2.53. The van der Waals surface area contributed by atoms with E-state index in [2.05, 4.69) is 55.1 Å². The Labute approximate surface area is 255 Å². The average molecular weight is 577 g/mol. The number of rotatable bonds is 15. The zero-order valence-electron chi connectivity index (χ0n) is 24.5. The highest BCUT2D eigenvalue weighted by Gasteiger charge is 2.72. The second kappa shape index (κ2) is 14.3. The first-order valence-electron chi connectivity index (χ1n) is 15.2. The molecule has 2 fully saturated rings. The Kier molecular flexibility index (Phi) is 9.78. The lowest BCUT2D eigenvalue weighted by molar-refractivity contribution is -0.402. The van der Waals surface area contributed by atoms with E-state index in [-0.39, 0.29) is 30.1 Å². The molecular weight excluding hydrogens is 536 g/mol. The van der Waals surface area contributed by atoms with Crippen LogP contribution in [0.25, 0.3) is 0 Å². The molecule has 3 unspecified atom stereocenters. The number of hydrogen-bond donors (Lipinski definition) is 0. The zero-order valence-corrected chi connectivity index (χ0v) is 24.5. The standard InChI is InChI=1S/C38H40O5/c1-2-15-34-35-37(41-26-31-20-11-5-12-21-31)36(40-25-30-18-9-4-10-19-30)33(28-39-24-29-16-7-3-8-17-29)38(35,43-34)42-27-32-22-13-6-14-23-32/h2-14,16-23,33-37H,1,15,24-28H2/t33?,34-,35?,36-,37?,38-/m1/s1. The van der Waals surface area contributed by atoms with Crippen LogP contribution in [0, 0.1) is 11.8 Å². The van der Waals surface area contributed by atoms with Gasteiger partial charge in [-0.05, 0) is 28.7 Å². The lowest BCUT2D eigenvalue weighted by atomic mass is 9.82. The fourth-order valence-corrected chi connectivity index (χ4v) is 6.41. The Bertz CT molecular complexity index is 1400. The summed E-state index contributed by atoms with van der Waals surface area (Å²) in [4.78, 5) is 0. The van der Waals surface area contributed by atoms with Gasteiger partial charge in [-0.1, -0.05) is 127 Å². The third-order valence-electron chi connectivity index (χ3n) is 8.48. The van der Waals surface area contributed by atoms with Crippen LogP contribution in [-0.4, -0.2) is 30.7 Å². The molecule has 5 heteroatoms. The Morgan fingerprint density at radius 2 is 1.07 bits per heavy atom. The van der Waals surface area contributed by atoms with Gasteiger partial charge < -0.3 is 23.7 Å². The topological polar surface area (TPSA) is 46.2 Å². The monoisotopic (exact) mass is 576 g/mol. The summed E-state index contributed by atoms with van der Waals surface area (Å²) in [5.41, 5.74) is 4.43. The van der Waals surface area contributed by atoms with Gasteiger partial charge in [-0.2, -0.15) is 0 Å². The van der Waals surface area contributed by atoms with Gasteiger partial charge in [0.2, 0.25) is 0 Å². The lowest BCUT2D eigenvalue weighted by Crippen LogP contribution is -2.64. The highest BCUT2D eigenvalue weighted by Crippen LogP contribution is 2.58. The van der Waals surface area contributed by atoms with Gasteiger partial charge in [-0.15, -0.1) is 6.58 Å². The van der Waals surface area contributed by atoms with Crippen LogP contribution in [0.1, 0.15) is 28.7 Å². The van der Waals surface area contributed by atoms with Crippen LogP contribution in [0.5, 0.6) is 0 Å². The molecular formula is C38H40O5. The van der Waals surface area contributed by atoms with Crippen molar-refractivity contribution in [1.29, 1.82) is 0 Å². The van der Waals surface area contributed by atoms with Gasteiger partial charge in [0.15, 0.2) is 5.79 Å². The molecule has 1 saturated heterocycles. The zero-order chi connectivity index (χ0) is 29.3. The molecule has 1 saturated carbocycles. The van der Waals surface area contributed by atoms with Crippen molar-refractivity contribution < 1.29 is 23.7 Å². The van der Waals surface area contributed by atoms with E-state index in [0.29, 0.717) is 39.5 Å². The Morgan fingerprint density at radius 3 is 1.58 bits per heavy atom. The molecule has 2 aliphatic rings. The molecule has 0 aromatic heterocycles. The molecule has 0 amide bonds. The van der Waals surface area contributed by atoms with E-state index >= 15 is 0 Å². The smallest absolute Gasteiger partial charge is 0.184 e. The summed E-state index contributed by atoms with van der Waals surface area (Å²) in [5.74, 6) is -1.18. The van der Waals surface area contributed by atoms with E-state index < -0.39 is 5.79 Å². The first kappa shape index (κ1) is 29.5.